The fraction of sp³-hybridized carbons (Fsp3) is 0.444. The summed E-state index contributed by atoms with van der Waals surface area (Å²) in [4.78, 5) is 11.8. The fourth-order valence-corrected chi connectivity index (χ4v) is 2.27. The Hall–Kier alpha value is -0.540. The molecule has 0 amide bonds. The van der Waals surface area contributed by atoms with Crippen LogP contribution in [-0.4, -0.2) is 11.1 Å². The van der Waals surface area contributed by atoms with E-state index in [0.29, 0.717) is 10.8 Å². The van der Waals surface area contributed by atoms with Crippen molar-refractivity contribution in [2.45, 2.75) is 20.3 Å². The Bertz CT molecular complexity index is 317. The summed E-state index contributed by atoms with van der Waals surface area (Å²) >= 11 is 7.17. The zero-order valence-electron chi connectivity index (χ0n) is 7.50. The first kappa shape index (κ1) is 10.5. The predicted octanol–water partition coefficient (Wildman–Crippen LogP) is 3.05. The molecule has 4 heteroatoms. The summed E-state index contributed by atoms with van der Waals surface area (Å²) in [6, 6.07) is 3.66. The highest BCUT2D eigenvalue weighted by atomic mass is 35.5. The molecule has 0 aromatic carbocycles. The minimum absolute atomic E-state index is 0.528. The highest BCUT2D eigenvalue weighted by molar-refractivity contribution is 7.16. The van der Waals surface area contributed by atoms with Crippen molar-refractivity contribution < 1.29 is 9.90 Å². The number of hydrogen-bond acceptors (Lipinski definition) is 2. The van der Waals surface area contributed by atoms with E-state index >= 15 is 0 Å². The molecule has 2 nitrogen and oxygen atoms in total. The minimum Gasteiger partial charge on any atom is -0.481 e. The fourth-order valence-electron chi connectivity index (χ4n) is 0.958. The van der Waals surface area contributed by atoms with E-state index in [2.05, 4.69) is 0 Å². The molecule has 0 spiro atoms. The second kappa shape index (κ2) is 3.68. The van der Waals surface area contributed by atoms with Gasteiger partial charge in [0.15, 0.2) is 0 Å². The molecule has 0 fully saturated rings. The maximum absolute atomic E-state index is 10.8. The highest BCUT2D eigenvalue weighted by Gasteiger charge is 2.27. The molecule has 0 saturated carbocycles. The van der Waals surface area contributed by atoms with Gasteiger partial charge in [0.05, 0.1) is 9.75 Å². The number of aliphatic carboxylic acids is 1. The lowest BCUT2D eigenvalue weighted by molar-refractivity contribution is -0.146. The van der Waals surface area contributed by atoms with E-state index in [1.165, 1.54) is 11.3 Å². The van der Waals surface area contributed by atoms with Crippen molar-refractivity contribution in [3.8, 4) is 0 Å². The lowest BCUT2D eigenvalue weighted by atomic mass is 9.89. The van der Waals surface area contributed by atoms with Gasteiger partial charge in [-0.3, -0.25) is 4.79 Å². The molecule has 1 aromatic rings. The van der Waals surface area contributed by atoms with Crippen LogP contribution in [0.1, 0.15) is 18.7 Å². The standard InChI is InChI=1S/C9H11ClO2S/c1-9(2,8(11)12)5-6-3-4-7(10)13-6/h3-4H,5H2,1-2H3,(H,11,12). The average Bonchev–Trinajstić information content (AvgIpc) is 2.34. The number of carboxylic acids is 1. The van der Waals surface area contributed by atoms with E-state index in [0.717, 1.165) is 4.88 Å². The summed E-state index contributed by atoms with van der Waals surface area (Å²) in [5, 5.41) is 8.88. The van der Waals surface area contributed by atoms with Crippen molar-refractivity contribution >= 4 is 28.9 Å². The smallest absolute Gasteiger partial charge is 0.309 e. The van der Waals surface area contributed by atoms with Crippen LogP contribution < -0.4 is 0 Å². The predicted molar refractivity (Wildman–Crippen MR) is 54.4 cm³/mol. The first-order valence-electron chi connectivity index (χ1n) is 3.89. The molecular weight excluding hydrogens is 208 g/mol. The topological polar surface area (TPSA) is 37.3 Å². The average molecular weight is 219 g/mol. The second-order valence-corrected chi connectivity index (χ2v) is 5.37. The number of carbonyl (C=O) groups is 1. The van der Waals surface area contributed by atoms with Crippen LogP contribution in [0, 0.1) is 5.41 Å². The number of rotatable bonds is 3. The lowest BCUT2D eigenvalue weighted by Gasteiger charge is -2.17. The third-order valence-electron chi connectivity index (χ3n) is 1.82. The molecule has 0 radical (unpaired) electrons. The second-order valence-electron chi connectivity index (χ2n) is 3.57. The van der Waals surface area contributed by atoms with Crippen LogP contribution in [0.5, 0.6) is 0 Å². The van der Waals surface area contributed by atoms with Crippen LogP contribution in [0.2, 0.25) is 4.34 Å². The maximum atomic E-state index is 10.8. The summed E-state index contributed by atoms with van der Waals surface area (Å²) in [6.45, 7) is 3.42. The van der Waals surface area contributed by atoms with Crippen LogP contribution in [-0.2, 0) is 11.2 Å². The summed E-state index contributed by atoms with van der Waals surface area (Å²) < 4.78 is 0.705. The van der Waals surface area contributed by atoms with Crippen molar-refractivity contribution in [2.24, 2.45) is 5.41 Å². The highest BCUT2D eigenvalue weighted by Crippen LogP contribution is 2.28. The minimum atomic E-state index is -0.781. The van der Waals surface area contributed by atoms with Crippen LogP contribution in [0.4, 0.5) is 0 Å². The Kier molecular flexibility index (Phi) is 2.98. The van der Waals surface area contributed by atoms with Gasteiger partial charge in [-0.1, -0.05) is 11.6 Å². The Morgan fingerprint density at radius 1 is 1.62 bits per heavy atom. The molecule has 0 bridgehead atoms. The molecule has 1 N–H and O–H groups in total. The molecule has 1 aromatic heterocycles. The van der Waals surface area contributed by atoms with Crippen molar-refractivity contribution in [3.63, 3.8) is 0 Å². The van der Waals surface area contributed by atoms with Crippen LogP contribution >= 0.6 is 22.9 Å². The SMILES string of the molecule is CC(C)(Cc1ccc(Cl)s1)C(=O)O. The molecule has 0 aliphatic rings. The van der Waals surface area contributed by atoms with Gasteiger partial charge in [-0.25, -0.2) is 0 Å². The van der Waals surface area contributed by atoms with Gasteiger partial charge in [0, 0.05) is 4.88 Å². The Labute approximate surface area is 86.2 Å². The number of carboxylic acid groups (broad SMARTS) is 1. The molecule has 0 saturated heterocycles. The Morgan fingerprint density at radius 3 is 2.62 bits per heavy atom. The van der Waals surface area contributed by atoms with Gasteiger partial charge >= 0.3 is 5.97 Å². The molecule has 1 rings (SSSR count). The summed E-state index contributed by atoms with van der Waals surface area (Å²) in [6.07, 6.45) is 0.528. The van der Waals surface area contributed by atoms with E-state index in [4.69, 9.17) is 16.7 Å². The first-order chi connectivity index (χ1) is 5.92. The summed E-state index contributed by atoms with van der Waals surface area (Å²) in [7, 11) is 0. The third kappa shape index (κ3) is 2.71. The van der Waals surface area contributed by atoms with Gasteiger partial charge in [-0.05, 0) is 32.4 Å². The Balaban J connectivity index is 2.74. The van der Waals surface area contributed by atoms with Crippen LogP contribution in [0.3, 0.4) is 0 Å². The normalized spacial score (nSPS) is 11.6. The van der Waals surface area contributed by atoms with Crippen molar-refractivity contribution in [1.29, 1.82) is 0 Å². The van der Waals surface area contributed by atoms with Crippen molar-refractivity contribution in [3.05, 3.63) is 21.3 Å². The molecule has 72 valence electrons. The summed E-state index contributed by atoms with van der Waals surface area (Å²) in [5.41, 5.74) is -0.714. The van der Waals surface area contributed by atoms with Crippen LogP contribution in [0.15, 0.2) is 12.1 Å². The summed E-state index contributed by atoms with van der Waals surface area (Å²) in [5.74, 6) is -0.781. The monoisotopic (exact) mass is 218 g/mol. The van der Waals surface area contributed by atoms with E-state index in [9.17, 15) is 4.79 Å². The lowest BCUT2D eigenvalue weighted by Crippen LogP contribution is -2.25. The maximum Gasteiger partial charge on any atom is 0.309 e. The van der Waals surface area contributed by atoms with Gasteiger partial charge in [0.2, 0.25) is 0 Å². The molecular formula is C9H11ClO2S. The van der Waals surface area contributed by atoms with Crippen LogP contribution in [0.25, 0.3) is 0 Å². The van der Waals surface area contributed by atoms with E-state index in [1.807, 2.05) is 6.07 Å². The van der Waals surface area contributed by atoms with E-state index in [1.54, 1.807) is 19.9 Å². The number of hydrogen-bond donors (Lipinski definition) is 1. The molecule has 13 heavy (non-hydrogen) atoms. The molecule has 0 atom stereocenters. The molecule has 0 aliphatic carbocycles. The number of thiophene rings is 1. The molecule has 0 aliphatic heterocycles. The third-order valence-corrected chi connectivity index (χ3v) is 3.06. The van der Waals surface area contributed by atoms with E-state index in [-0.39, 0.29) is 0 Å². The molecule has 0 unspecified atom stereocenters. The zero-order chi connectivity index (χ0) is 10.1. The number of halogens is 1. The molecule has 1 heterocycles. The van der Waals surface area contributed by atoms with E-state index < -0.39 is 11.4 Å². The van der Waals surface area contributed by atoms with Crippen molar-refractivity contribution in [2.75, 3.05) is 0 Å². The largest absolute Gasteiger partial charge is 0.481 e. The van der Waals surface area contributed by atoms with Crippen molar-refractivity contribution in [1.82, 2.24) is 0 Å². The quantitative estimate of drug-likeness (QED) is 0.847. The van der Waals surface area contributed by atoms with Gasteiger partial charge in [-0.2, -0.15) is 0 Å². The first-order valence-corrected chi connectivity index (χ1v) is 5.09. The van der Waals surface area contributed by atoms with Gasteiger partial charge < -0.3 is 5.11 Å². The zero-order valence-corrected chi connectivity index (χ0v) is 9.08. The van der Waals surface area contributed by atoms with Gasteiger partial charge in [0.25, 0.3) is 0 Å². The Morgan fingerprint density at radius 2 is 2.23 bits per heavy atom. The van der Waals surface area contributed by atoms with Gasteiger partial charge in [0.1, 0.15) is 0 Å². The van der Waals surface area contributed by atoms with Gasteiger partial charge in [-0.15, -0.1) is 11.3 Å².